The van der Waals surface area contributed by atoms with Crippen molar-refractivity contribution < 1.29 is 14.6 Å². The van der Waals surface area contributed by atoms with Crippen molar-refractivity contribution in [3.63, 3.8) is 0 Å². The second-order valence-electron chi connectivity index (χ2n) is 9.15. The first-order chi connectivity index (χ1) is 18.5. The summed E-state index contributed by atoms with van der Waals surface area (Å²) in [5.41, 5.74) is 2.93. The van der Waals surface area contributed by atoms with E-state index in [1.165, 1.54) is 0 Å². The third-order valence-electron chi connectivity index (χ3n) is 6.22. The van der Waals surface area contributed by atoms with Crippen LogP contribution in [0.1, 0.15) is 31.0 Å². The Bertz CT molecular complexity index is 1420. The number of carbonyl (C=O) groups is 1. The molecule has 3 heterocycles. The molecule has 2 aromatic carbocycles. The molecule has 0 unspecified atom stereocenters. The van der Waals surface area contributed by atoms with Crippen LogP contribution in [0.15, 0.2) is 73.1 Å². The van der Waals surface area contributed by atoms with Crippen LogP contribution < -0.4 is 20.3 Å². The molecule has 0 aliphatic carbocycles. The molecule has 38 heavy (non-hydrogen) atoms. The first kappa shape index (κ1) is 24.9. The molecule has 0 fully saturated rings. The fourth-order valence-electron chi connectivity index (χ4n) is 4.41. The van der Waals surface area contributed by atoms with E-state index in [4.69, 9.17) is 19.8 Å². The van der Waals surface area contributed by atoms with E-state index in [-0.39, 0.29) is 12.1 Å². The molecule has 10 heteroatoms. The molecule has 2 aromatic heterocycles. The predicted molar refractivity (Wildman–Crippen MR) is 145 cm³/mol. The molecule has 2 atom stereocenters. The average molecular weight is 512 g/mol. The highest BCUT2D eigenvalue weighted by Crippen LogP contribution is 2.35. The normalized spacial score (nSPS) is 14.1. The van der Waals surface area contributed by atoms with Gasteiger partial charge in [0, 0.05) is 17.8 Å². The number of aromatic nitrogens is 4. The molecular weight excluding hydrogens is 482 g/mol. The molecule has 0 saturated heterocycles. The summed E-state index contributed by atoms with van der Waals surface area (Å²) < 4.78 is 5.81. The van der Waals surface area contributed by atoms with Crippen LogP contribution in [0.2, 0.25) is 0 Å². The maximum atomic E-state index is 11.0. The Kier molecular flexibility index (Phi) is 7.30. The molecule has 1 amide bonds. The van der Waals surface area contributed by atoms with E-state index in [2.05, 4.69) is 27.5 Å². The average Bonchev–Trinajstić information content (AvgIpc) is 2.93. The molecule has 10 nitrogen and oxygen atoms in total. The Morgan fingerprint density at radius 1 is 1.08 bits per heavy atom. The highest BCUT2D eigenvalue weighted by Gasteiger charge is 2.24. The minimum Gasteiger partial charge on any atom is -0.486 e. The molecule has 194 valence electrons. The van der Waals surface area contributed by atoms with Gasteiger partial charge in [-0.1, -0.05) is 54.6 Å². The van der Waals surface area contributed by atoms with Crippen LogP contribution in [0.25, 0.3) is 11.4 Å². The van der Waals surface area contributed by atoms with Crippen molar-refractivity contribution in [2.45, 2.75) is 32.4 Å². The van der Waals surface area contributed by atoms with Gasteiger partial charge in [0.15, 0.2) is 17.4 Å². The van der Waals surface area contributed by atoms with Crippen molar-refractivity contribution in [3.05, 3.63) is 84.2 Å². The lowest BCUT2D eigenvalue weighted by molar-refractivity contribution is 0.191. The molecule has 0 spiro atoms. The number of amides is 1. The van der Waals surface area contributed by atoms with Crippen LogP contribution in [0.3, 0.4) is 0 Å². The number of hydrogen-bond donors (Lipinski definition) is 3. The van der Waals surface area contributed by atoms with Crippen molar-refractivity contribution in [3.8, 4) is 17.1 Å². The highest BCUT2D eigenvalue weighted by atomic mass is 16.5. The van der Waals surface area contributed by atoms with Gasteiger partial charge in [0.25, 0.3) is 0 Å². The molecule has 1 aliphatic heterocycles. The Balaban J connectivity index is 1.31. The van der Waals surface area contributed by atoms with Gasteiger partial charge in [-0.05, 0) is 37.5 Å². The number of ether oxygens (including phenoxy) is 1. The van der Waals surface area contributed by atoms with E-state index in [9.17, 15) is 4.79 Å². The van der Waals surface area contributed by atoms with Crippen LogP contribution in [0.5, 0.6) is 5.75 Å². The number of anilines is 3. The summed E-state index contributed by atoms with van der Waals surface area (Å²) >= 11 is 0. The van der Waals surface area contributed by atoms with Crippen molar-refractivity contribution >= 4 is 23.7 Å². The number of rotatable bonds is 8. The SMILES string of the molecule is C[C@@H](Cc1cccc([C@@H](C)NC(=O)O)c1)Nc1nccc(N2CCOc3cnc(-c4ccccc4)nc32)n1. The van der Waals surface area contributed by atoms with Gasteiger partial charge in [0.1, 0.15) is 12.4 Å². The van der Waals surface area contributed by atoms with Crippen LogP contribution in [0.4, 0.5) is 22.4 Å². The number of fused-ring (bicyclic) bond motifs is 1. The van der Waals surface area contributed by atoms with E-state index in [1.807, 2.05) is 72.5 Å². The third-order valence-corrected chi connectivity index (χ3v) is 6.22. The van der Waals surface area contributed by atoms with E-state index >= 15 is 0 Å². The smallest absolute Gasteiger partial charge is 0.405 e. The number of nitrogens with zero attached hydrogens (tertiary/aromatic N) is 5. The molecule has 0 radical (unpaired) electrons. The monoisotopic (exact) mass is 511 g/mol. The molecule has 0 bridgehead atoms. The Morgan fingerprint density at radius 2 is 1.92 bits per heavy atom. The Hall–Kier alpha value is -4.73. The summed E-state index contributed by atoms with van der Waals surface area (Å²) in [5.74, 6) is 3.13. The van der Waals surface area contributed by atoms with Gasteiger partial charge >= 0.3 is 6.09 Å². The van der Waals surface area contributed by atoms with Crippen molar-refractivity contribution in [2.24, 2.45) is 0 Å². The van der Waals surface area contributed by atoms with Crippen molar-refractivity contribution in [2.75, 3.05) is 23.4 Å². The first-order valence-electron chi connectivity index (χ1n) is 12.5. The summed E-state index contributed by atoms with van der Waals surface area (Å²) in [7, 11) is 0. The molecule has 3 N–H and O–H groups in total. The summed E-state index contributed by atoms with van der Waals surface area (Å²) in [6, 6.07) is 19.3. The van der Waals surface area contributed by atoms with Crippen LogP contribution in [-0.2, 0) is 6.42 Å². The standard InChI is InChI=1S/C28H29N7O3/c1-18(15-20-7-6-10-22(16-20)19(2)32-28(36)37)31-27-29-12-11-24(33-27)35-13-14-38-23-17-30-25(34-26(23)35)21-8-4-3-5-9-21/h3-12,16-19,32H,13-15H2,1-2H3,(H,36,37)(H,29,31,33)/t18-,19+/m0/s1. The maximum Gasteiger partial charge on any atom is 0.405 e. The van der Waals surface area contributed by atoms with Crippen LogP contribution >= 0.6 is 0 Å². The molecule has 0 saturated carbocycles. The van der Waals surface area contributed by atoms with Gasteiger partial charge in [0.05, 0.1) is 18.8 Å². The van der Waals surface area contributed by atoms with Gasteiger partial charge in [0.2, 0.25) is 5.95 Å². The van der Waals surface area contributed by atoms with Gasteiger partial charge in [-0.2, -0.15) is 4.98 Å². The number of nitrogens with one attached hydrogen (secondary N) is 2. The predicted octanol–water partition coefficient (Wildman–Crippen LogP) is 4.84. The minimum atomic E-state index is -1.04. The third kappa shape index (κ3) is 5.80. The molecule has 4 aromatic rings. The van der Waals surface area contributed by atoms with E-state index in [0.29, 0.717) is 42.3 Å². The van der Waals surface area contributed by atoms with Crippen LogP contribution in [-0.4, -0.2) is 50.3 Å². The van der Waals surface area contributed by atoms with Crippen molar-refractivity contribution in [1.82, 2.24) is 25.3 Å². The minimum absolute atomic E-state index is 0.0345. The zero-order valence-corrected chi connectivity index (χ0v) is 21.2. The fourth-order valence-corrected chi connectivity index (χ4v) is 4.41. The zero-order chi connectivity index (χ0) is 26.5. The van der Waals surface area contributed by atoms with E-state index in [1.54, 1.807) is 12.4 Å². The van der Waals surface area contributed by atoms with E-state index < -0.39 is 6.09 Å². The fraction of sp³-hybridized carbons (Fsp3) is 0.250. The second-order valence-corrected chi connectivity index (χ2v) is 9.15. The summed E-state index contributed by atoms with van der Waals surface area (Å²) in [4.78, 5) is 31.5. The highest BCUT2D eigenvalue weighted by molar-refractivity contribution is 5.68. The lowest BCUT2D eigenvalue weighted by Crippen LogP contribution is -2.31. The summed E-state index contributed by atoms with van der Waals surface area (Å²) in [6.45, 7) is 4.98. The van der Waals surface area contributed by atoms with Gasteiger partial charge in [-0.3, -0.25) is 0 Å². The van der Waals surface area contributed by atoms with Gasteiger partial charge in [-0.25, -0.2) is 19.7 Å². The quantitative estimate of drug-likeness (QED) is 0.305. The maximum absolute atomic E-state index is 11.0. The lowest BCUT2D eigenvalue weighted by Gasteiger charge is -2.29. The Labute approximate surface area is 220 Å². The summed E-state index contributed by atoms with van der Waals surface area (Å²) in [6.07, 6.45) is 3.11. The molecule has 1 aliphatic rings. The van der Waals surface area contributed by atoms with Crippen LogP contribution in [0, 0.1) is 0 Å². The largest absolute Gasteiger partial charge is 0.486 e. The zero-order valence-electron chi connectivity index (χ0n) is 21.2. The molecular formula is C28H29N7O3. The number of hydrogen-bond acceptors (Lipinski definition) is 8. The number of benzene rings is 2. The van der Waals surface area contributed by atoms with E-state index in [0.717, 1.165) is 23.1 Å². The van der Waals surface area contributed by atoms with Gasteiger partial charge in [-0.15, -0.1) is 0 Å². The lowest BCUT2D eigenvalue weighted by atomic mass is 10.0. The summed E-state index contributed by atoms with van der Waals surface area (Å²) in [5, 5.41) is 14.9. The topological polar surface area (TPSA) is 125 Å². The molecule has 5 rings (SSSR count). The van der Waals surface area contributed by atoms with Crippen molar-refractivity contribution in [1.29, 1.82) is 0 Å². The first-order valence-corrected chi connectivity index (χ1v) is 12.5. The van der Waals surface area contributed by atoms with Gasteiger partial charge < -0.3 is 25.4 Å². The number of carboxylic acid groups (broad SMARTS) is 1. The second kappa shape index (κ2) is 11.1. The Morgan fingerprint density at radius 3 is 2.74 bits per heavy atom.